The fraction of sp³-hybridized carbons (Fsp3) is 0.833. The molecule has 1 spiro atoms. The zero-order valence-electron chi connectivity index (χ0n) is 9.05. The molecule has 0 aromatic carbocycles. The second-order valence-corrected chi connectivity index (χ2v) is 4.31. The van der Waals surface area contributed by atoms with Crippen LogP contribution in [-0.2, 0) is 9.47 Å². The van der Waals surface area contributed by atoms with Crippen LogP contribution < -0.4 is 0 Å². The van der Waals surface area contributed by atoms with Gasteiger partial charge >= 0.3 is 0 Å². The minimum Gasteiger partial charge on any atom is -0.347 e. The van der Waals surface area contributed by atoms with Crippen molar-refractivity contribution in [3.8, 4) is 0 Å². The molecule has 1 aliphatic carbocycles. The molecular formula is C12H20O2. The van der Waals surface area contributed by atoms with E-state index in [1.807, 2.05) is 0 Å². The standard InChI is InChI=1S/C12H20O2/c1-2-3-4-5-11-6-7-12(10-11)13-8-9-14-12/h6H,2-5,7-10H2,1H3. The third kappa shape index (κ3) is 2.18. The van der Waals surface area contributed by atoms with Gasteiger partial charge in [-0.3, -0.25) is 0 Å². The summed E-state index contributed by atoms with van der Waals surface area (Å²) in [6.07, 6.45) is 9.49. The molecule has 0 aromatic rings. The summed E-state index contributed by atoms with van der Waals surface area (Å²) in [4.78, 5) is 0. The van der Waals surface area contributed by atoms with Crippen LogP contribution in [0.3, 0.4) is 0 Å². The highest BCUT2D eigenvalue weighted by Crippen LogP contribution is 2.38. The molecule has 0 bridgehead atoms. The SMILES string of the molecule is CCCCCC1=CCC2(C1)OCCO2. The van der Waals surface area contributed by atoms with Crippen LogP contribution in [0.1, 0.15) is 45.4 Å². The number of hydrogen-bond acceptors (Lipinski definition) is 2. The van der Waals surface area contributed by atoms with Crippen molar-refractivity contribution in [2.75, 3.05) is 13.2 Å². The monoisotopic (exact) mass is 196 g/mol. The highest BCUT2D eigenvalue weighted by Gasteiger charge is 2.39. The van der Waals surface area contributed by atoms with Crippen molar-refractivity contribution < 1.29 is 9.47 Å². The van der Waals surface area contributed by atoms with Gasteiger partial charge in [0.25, 0.3) is 0 Å². The first kappa shape index (κ1) is 10.2. The molecule has 0 unspecified atom stereocenters. The Balaban J connectivity index is 1.75. The second kappa shape index (κ2) is 4.45. The molecule has 0 saturated carbocycles. The molecule has 0 radical (unpaired) electrons. The largest absolute Gasteiger partial charge is 0.347 e. The number of hydrogen-bond donors (Lipinski definition) is 0. The quantitative estimate of drug-likeness (QED) is 0.508. The van der Waals surface area contributed by atoms with Gasteiger partial charge in [0.15, 0.2) is 5.79 Å². The lowest BCUT2D eigenvalue weighted by molar-refractivity contribution is -0.147. The predicted molar refractivity (Wildman–Crippen MR) is 56.1 cm³/mol. The van der Waals surface area contributed by atoms with Crippen LogP contribution >= 0.6 is 0 Å². The lowest BCUT2D eigenvalue weighted by Crippen LogP contribution is -2.26. The van der Waals surface area contributed by atoms with Crippen molar-refractivity contribution in [2.45, 2.75) is 51.2 Å². The molecule has 14 heavy (non-hydrogen) atoms. The van der Waals surface area contributed by atoms with E-state index in [-0.39, 0.29) is 5.79 Å². The average molecular weight is 196 g/mol. The van der Waals surface area contributed by atoms with Gasteiger partial charge in [-0.05, 0) is 12.8 Å². The van der Waals surface area contributed by atoms with Gasteiger partial charge in [-0.25, -0.2) is 0 Å². The molecule has 0 amide bonds. The van der Waals surface area contributed by atoms with Crippen molar-refractivity contribution in [1.29, 1.82) is 0 Å². The van der Waals surface area contributed by atoms with Gasteiger partial charge < -0.3 is 9.47 Å². The van der Waals surface area contributed by atoms with Crippen LogP contribution in [-0.4, -0.2) is 19.0 Å². The maximum atomic E-state index is 5.66. The Bertz CT molecular complexity index is 214. The van der Waals surface area contributed by atoms with E-state index in [2.05, 4.69) is 13.0 Å². The van der Waals surface area contributed by atoms with Crippen LogP contribution in [0.5, 0.6) is 0 Å². The Hall–Kier alpha value is -0.340. The first-order valence-corrected chi connectivity index (χ1v) is 5.80. The van der Waals surface area contributed by atoms with Gasteiger partial charge in [0.2, 0.25) is 0 Å². The smallest absolute Gasteiger partial charge is 0.175 e. The Morgan fingerprint density at radius 2 is 2.07 bits per heavy atom. The molecule has 0 atom stereocenters. The van der Waals surface area contributed by atoms with E-state index < -0.39 is 0 Å². The maximum Gasteiger partial charge on any atom is 0.175 e. The van der Waals surface area contributed by atoms with Crippen LogP contribution in [0.4, 0.5) is 0 Å². The Kier molecular flexibility index (Phi) is 3.24. The topological polar surface area (TPSA) is 18.5 Å². The fourth-order valence-electron chi connectivity index (χ4n) is 2.30. The van der Waals surface area contributed by atoms with Gasteiger partial charge in [0, 0.05) is 12.8 Å². The lowest BCUT2D eigenvalue weighted by atomic mass is 10.1. The highest BCUT2D eigenvalue weighted by atomic mass is 16.7. The molecule has 1 aliphatic heterocycles. The molecule has 2 heteroatoms. The zero-order chi connectivity index (χ0) is 9.86. The van der Waals surface area contributed by atoms with E-state index in [0.29, 0.717) is 0 Å². The normalized spacial score (nSPS) is 24.5. The van der Waals surface area contributed by atoms with E-state index in [4.69, 9.17) is 9.47 Å². The van der Waals surface area contributed by atoms with E-state index in [1.54, 1.807) is 5.57 Å². The lowest BCUT2D eigenvalue weighted by Gasteiger charge is -2.21. The maximum absolute atomic E-state index is 5.66. The number of ether oxygens (including phenoxy) is 2. The summed E-state index contributed by atoms with van der Waals surface area (Å²) < 4.78 is 11.3. The summed E-state index contributed by atoms with van der Waals surface area (Å²) in [5, 5.41) is 0. The third-order valence-corrected chi connectivity index (χ3v) is 3.11. The van der Waals surface area contributed by atoms with Gasteiger partial charge in [-0.2, -0.15) is 0 Å². The van der Waals surface area contributed by atoms with Crippen molar-refractivity contribution in [2.24, 2.45) is 0 Å². The van der Waals surface area contributed by atoms with Crippen molar-refractivity contribution in [1.82, 2.24) is 0 Å². The molecule has 1 saturated heterocycles. The van der Waals surface area contributed by atoms with Crippen molar-refractivity contribution in [3.63, 3.8) is 0 Å². The van der Waals surface area contributed by atoms with E-state index >= 15 is 0 Å². The molecule has 2 rings (SSSR count). The minimum atomic E-state index is -0.235. The molecule has 1 fully saturated rings. The van der Waals surface area contributed by atoms with Crippen LogP contribution in [0.2, 0.25) is 0 Å². The summed E-state index contributed by atoms with van der Waals surface area (Å²) in [7, 11) is 0. The van der Waals surface area contributed by atoms with Crippen LogP contribution in [0.15, 0.2) is 11.6 Å². The van der Waals surface area contributed by atoms with Crippen molar-refractivity contribution in [3.05, 3.63) is 11.6 Å². The Morgan fingerprint density at radius 3 is 2.79 bits per heavy atom. The van der Waals surface area contributed by atoms with Gasteiger partial charge in [-0.15, -0.1) is 0 Å². The van der Waals surface area contributed by atoms with Crippen LogP contribution in [0.25, 0.3) is 0 Å². The average Bonchev–Trinajstić information content (AvgIpc) is 2.79. The summed E-state index contributed by atoms with van der Waals surface area (Å²) in [5.74, 6) is -0.235. The highest BCUT2D eigenvalue weighted by molar-refractivity contribution is 5.14. The molecule has 2 aliphatic rings. The summed E-state index contributed by atoms with van der Waals surface area (Å²) in [6, 6.07) is 0. The molecule has 2 nitrogen and oxygen atoms in total. The number of rotatable bonds is 4. The van der Waals surface area contributed by atoms with Gasteiger partial charge in [-0.1, -0.05) is 31.4 Å². The zero-order valence-corrected chi connectivity index (χ0v) is 9.05. The first-order chi connectivity index (χ1) is 6.85. The number of unbranched alkanes of at least 4 members (excludes halogenated alkanes) is 2. The second-order valence-electron chi connectivity index (χ2n) is 4.31. The molecular weight excluding hydrogens is 176 g/mol. The van der Waals surface area contributed by atoms with Gasteiger partial charge in [0.05, 0.1) is 13.2 Å². The van der Waals surface area contributed by atoms with E-state index in [1.165, 1.54) is 25.7 Å². The molecule has 1 heterocycles. The minimum absolute atomic E-state index is 0.235. The van der Waals surface area contributed by atoms with Crippen molar-refractivity contribution >= 4 is 0 Å². The van der Waals surface area contributed by atoms with Gasteiger partial charge in [0.1, 0.15) is 0 Å². The molecule has 0 N–H and O–H groups in total. The summed E-state index contributed by atoms with van der Waals surface area (Å²) in [5.41, 5.74) is 1.54. The summed E-state index contributed by atoms with van der Waals surface area (Å²) >= 11 is 0. The third-order valence-electron chi connectivity index (χ3n) is 3.11. The van der Waals surface area contributed by atoms with Crippen LogP contribution in [0, 0.1) is 0 Å². The Morgan fingerprint density at radius 1 is 1.29 bits per heavy atom. The van der Waals surface area contributed by atoms with E-state index in [0.717, 1.165) is 26.1 Å². The first-order valence-electron chi connectivity index (χ1n) is 5.80. The summed E-state index contributed by atoms with van der Waals surface area (Å²) in [6.45, 7) is 3.79. The molecule has 0 aromatic heterocycles. The predicted octanol–water partition coefficient (Wildman–Crippen LogP) is 3.03. The molecule has 80 valence electrons. The fourth-order valence-corrected chi connectivity index (χ4v) is 2.30. The van der Waals surface area contributed by atoms with E-state index in [9.17, 15) is 0 Å². The Labute approximate surface area is 86.3 Å².